The first kappa shape index (κ1) is 16.9. The Balaban J connectivity index is 1.96. The number of hydrogen-bond acceptors (Lipinski definition) is 6. The molecule has 0 aliphatic carbocycles. The first-order valence-electron chi connectivity index (χ1n) is 6.74. The van der Waals surface area contributed by atoms with Gasteiger partial charge in [-0.05, 0) is 48.1 Å². The zero-order valence-corrected chi connectivity index (χ0v) is 15.3. The highest BCUT2D eigenvalue weighted by Crippen LogP contribution is 2.17. The van der Waals surface area contributed by atoms with Crippen LogP contribution in [0.3, 0.4) is 0 Å². The van der Waals surface area contributed by atoms with Gasteiger partial charge in [-0.1, -0.05) is 12.1 Å². The molecule has 0 saturated heterocycles. The third-order valence-electron chi connectivity index (χ3n) is 2.81. The SMILES string of the molecule is CCOC(=O)Cc1csc(NN=Cc2c(C)cccc2I)n1. The van der Waals surface area contributed by atoms with E-state index in [0.29, 0.717) is 17.4 Å². The molecule has 1 N–H and O–H groups in total. The predicted octanol–water partition coefficient (Wildman–Crippen LogP) is 3.61. The molecule has 0 saturated carbocycles. The second-order valence-corrected chi connectivity index (χ2v) is 6.49. The Morgan fingerprint density at radius 2 is 2.36 bits per heavy atom. The smallest absolute Gasteiger partial charge is 0.311 e. The predicted molar refractivity (Wildman–Crippen MR) is 97.6 cm³/mol. The van der Waals surface area contributed by atoms with E-state index in [2.05, 4.69) is 38.1 Å². The van der Waals surface area contributed by atoms with Crippen molar-refractivity contribution in [3.05, 3.63) is 44.0 Å². The standard InChI is InChI=1S/C15H16IN3O2S/c1-3-21-14(20)7-11-9-22-15(18-11)19-17-8-12-10(2)5-4-6-13(12)16/h4-6,8-9H,3,7H2,1-2H3,(H,18,19). The molecule has 0 fully saturated rings. The van der Waals surface area contributed by atoms with Crippen LogP contribution in [0.5, 0.6) is 0 Å². The Morgan fingerprint density at radius 3 is 3.09 bits per heavy atom. The number of halogens is 1. The molecule has 0 bridgehead atoms. The molecule has 2 aromatic rings. The van der Waals surface area contributed by atoms with Crippen LogP contribution in [-0.2, 0) is 16.0 Å². The molecule has 0 aliphatic rings. The van der Waals surface area contributed by atoms with Gasteiger partial charge in [0.15, 0.2) is 0 Å². The lowest BCUT2D eigenvalue weighted by Crippen LogP contribution is -2.07. The highest BCUT2D eigenvalue weighted by Gasteiger charge is 2.08. The van der Waals surface area contributed by atoms with Crippen LogP contribution in [0.25, 0.3) is 0 Å². The van der Waals surface area contributed by atoms with Crippen LogP contribution >= 0.6 is 33.9 Å². The van der Waals surface area contributed by atoms with Crippen LogP contribution in [0.4, 0.5) is 5.13 Å². The van der Waals surface area contributed by atoms with Gasteiger partial charge >= 0.3 is 5.97 Å². The molecule has 116 valence electrons. The lowest BCUT2D eigenvalue weighted by molar-refractivity contribution is -0.142. The van der Waals surface area contributed by atoms with Crippen molar-refractivity contribution < 1.29 is 9.53 Å². The quantitative estimate of drug-likeness (QED) is 0.330. The summed E-state index contributed by atoms with van der Waals surface area (Å²) in [6, 6.07) is 6.10. The fourth-order valence-electron chi connectivity index (χ4n) is 1.76. The number of benzene rings is 1. The summed E-state index contributed by atoms with van der Waals surface area (Å²) in [5.41, 5.74) is 5.83. The molecular formula is C15H16IN3O2S. The summed E-state index contributed by atoms with van der Waals surface area (Å²) < 4.78 is 6.04. The number of nitrogens with zero attached hydrogens (tertiary/aromatic N) is 2. The molecule has 0 radical (unpaired) electrons. The summed E-state index contributed by atoms with van der Waals surface area (Å²) in [6.45, 7) is 4.21. The average Bonchev–Trinajstić information content (AvgIpc) is 2.90. The van der Waals surface area contributed by atoms with Gasteiger partial charge in [-0.3, -0.25) is 10.2 Å². The Bertz CT molecular complexity index is 665. The fraction of sp³-hybridized carbons (Fsp3) is 0.267. The Labute approximate surface area is 146 Å². The molecule has 0 aliphatic heterocycles. The number of carbonyl (C=O) groups excluding carboxylic acids is 1. The van der Waals surface area contributed by atoms with E-state index in [1.54, 1.807) is 13.1 Å². The normalized spacial score (nSPS) is 10.9. The van der Waals surface area contributed by atoms with Crippen molar-refractivity contribution in [2.75, 3.05) is 12.0 Å². The van der Waals surface area contributed by atoms with Crippen molar-refractivity contribution in [3.8, 4) is 0 Å². The van der Waals surface area contributed by atoms with Gasteiger partial charge in [0.2, 0.25) is 5.13 Å². The first-order valence-corrected chi connectivity index (χ1v) is 8.70. The summed E-state index contributed by atoms with van der Waals surface area (Å²) in [4.78, 5) is 15.7. The second-order valence-electron chi connectivity index (χ2n) is 4.47. The molecule has 1 aromatic heterocycles. The van der Waals surface area contributed by atoms with Gasteiger partial charge in [-0.15, -0.1) is 11.3 Å². The number of ether oxygens (including phenoxy) is 1. The number of rotatable bonds is 6. The molecular weight excluding hydrogens is 413 g/mol. The van der Waals surface area contributed by atoms with Crippen LogP contribution in [-0.4, -0.2) is 23.8 Å². The molecule has 7 heteroatoms. The molecule has 0 spiro atoms. The van der Waals surface area contributed by atoms with Gasteiger partial charge < -0.3 is 4.74 Å². The number of anilines is 1. The molecule has 0 unspecified atom stereocenters. The third-order valence-corrected chi connectivity index (χ3v) is 4.54. The van der Waals surface area contributed by atoms with Gasteiger partial charge in [0, 0.05) is 14.5 Å². The van der Waals surface area contributed by atoms with Crippen LogP contribution in [0.15, 0.2) is 28.7 Å². The van der Waals surface area contributed by atoms with E-state index in [1.165, 1.54) is 16.9 Å². The highest BCUT2D eigenvalue weighted by molar-refractivity contribution is 14.1. The van der Waals surface area contributed by atoms with E-state index in [0.717, 1.165) is 9.13 Å². The maximum absolute atomic E-state index is 11.4. The molecule has 0 atom stereocenters. The molecule has 22 heavy (non-hydrogen) atoms. The van der Waals surface area contributed by atoms with E-state index < -0.39 is 0 Å². The van der Waals surface area contributed by atoms with Crippen LogP contribution < -0.4 is 5.43 Å². The summed E-state index contributed by atoms with van der Waals surface area (Å²) >= 11 is 3.69. The Kier molecular flexibility index (Phi) is 6.32. The summed E-state index contributed by atoms with van der Waals surface area (Å²) in [7, 11) is 0. The van der Waals surface area contributed by atoms with E-state index in [9.17, 15) is 4.79 Å². The van der Waals surface area contributed by atoms with Crippen molar-refractivity contribution in [2.24, 2.45) is 5.10 Å². The molecule has 2 rings (SSSR count). The minimum absolute atomic E-state index is 0.186. The first-order chi connectivity index (χ1) is 10.6. The van der Waals surface area contributed by atoms with Crippen molar-refractivity contribution in [3.63, 3.8) is 0 Å². The topological polar surface area (TPSA) is 63.6 Å². The summed E-state index contributed by atoms with van der Waals surface area (Å²) in [6.07, 6.45) is 1.97. The zero-order chi connectivity index (χ0) is 15.9. The number of nitrogens with one attached hydrogen (secondary N) is 1. The van der Waals surface area contributed by atoms with Gasteiger partial charge in [0.1, 0.15) is 0 Å². The molecule has 1 aromatic carbocycles. The number of esters is 1. The van der Waals surface area contributed by atoms with Gasteiger partial charge in [0.25, 0.3) is 0 Å². The van der Waals surface area contributed by atoms with Gasteiger partial charge in [-0.2, -0.15) is 5.10 Å². The average molecular weight is 429 g/mol. The minimum Gasteiger partial charge on any atom is -0.466 e. The maximum atomic E-state index is 11.4. The summed E-state index contributed by atoms with van der Waals surface area (Å²) in [5.74, 6) is -0.266. The van der Waals surface area contributed by atoms with E-state index in [1.807, 2.05) is 30.5 Å². The largest absolute Gasteiger partial charge is 0.466 e. The van der Waals surface area contributed by atoms with Crippen molar-refractivity contribution in [1.29, 1.82) is 0 Å². The van der Waals surface area contributed by atoms with E-state index in [-0.39, 0.29) is 12.4 Å². The number of carbonyl (C=O) groups is 1. The Hall–Kier alpha value is -1.48. The molecule has 0 amide bonds. The number of aryl methyl sites for hydroxylation is 1. The number of hydrazone groups is 1. The van der Waals surface area contributed by atoms with Crippen molar-refractivity contribution >= 4 is 51.2 Å². The number of thiazole rings is 1. The monoisotopic (exact) mass is 429 g/mol. The van der Waals surface area contributed by atoms with E-state index >= 15 is 0 Å². The van der Waals surface area contributed by atoms with Gasteiger partial charge in [-0.25, -0.2) is 4.98 Å². The molecule has 5 nitrogen and oxygen atoms in total. The van der Waals surface area contributed by atoms with Crippen molar-refractivity contribution in [1.82, 2.24) is 4.98 Å². The third kappa shape index (κ3) is 4.77. The lowest BCUT2D eigenvalue weighted by atomic mass is 10.1. The Morgan fingerprint density at radius 1 is 1.55 bits per heavy atom. The van der Waals surface area contributed by atoms with E-state index in [4.69, 9.17) is 4.74 Å². The zero-order valence-electron chi connectivity index (χ0n) is 12.3. The maximum Gasteiger partial charge on any atom is 0.311 e. The van der Waals surface area contributed by atoms with Gasteiger partial charge in [0.05, 0.1) is 24.9 Å². The fourth-order valence-corrected chi connectivity index (χ4v) is 3.19. The number of aromatic nitrogens is 1. The minimum atomic E-state index is -0.266. The second kappa shape index (κ2) is 8.23. The van der Waals surface area contributed by atoms with Crippen LogP contribution in [0.1, 0.15) is 23.7 Å². The lowest BCUT2D eigenvalue weighted by Gasteiger charge is -2.02. The van der Waals surface area contributed by atoms with Crippen LogP contribution in [0.2, 0.25) is 0 Å². The summed E-state index contributed by atoms with van der Waals surface area (Å²) in [5, 5.41) is 6.69. The highest BCUT2D eigenvalue weighted by atomic mass is 127. The molecule has 1 heterocycles. The number of hydrogen-bond donors (Lipinski definition) is 1. The van der Waals surface area contributed by atoms with Crippen LogP contribution in [0, 0.1) is 10.5 Å². The van der Waals surface area contributed by atoms with Crippen molar-refractivity contribution in [2.45, 2.75) is 20.3 Å².